The lowest BCUT2D eigenvalue weighted by Gasteiger charge is -2.34. The minimum absolute atomic E-state index is 0.00761. The first-order valence-corrected chi connectivity index (χ1v) is 11.1. The Balaban J connectivity index is 1.35. The molecule has 162 valence electrons. The van der Waals surface area contributed by atoms with Crippen molar-refractivity contribution in [1.29, 1.82) is 0 Å². The second-order valence-electron chi connectivity index (χ2n) is 7.96. The zero-order chi connectivity index (χ0) is 21.8. The number of hydrogen-bond acceptors (Lipinski definition) is 3. The summed E-state index contributed by atoms with van der Waals surface area (Å²) in [5.74, 6) is 0.0609. The summed E-state index contributed by atoms with van der Waals surface area (Å²) in [5.41, 5.74) is 3.86. The predicted molar refractivity (Wildman–Crippen MR) is 124 cm³/mol. The van der Waals surface area contributed by atoms with Crippen molar-refractivity contribution in [2.24, 2.45) is 0 Å². The first-order chi connectivity index (χ1) is 15.1. The Bertz CT molecular complexity index is 1080. The zero-order valence-electron chi connectivity index (χ0n) is 18.3. The Hall–Kier alpha value is -3.12. The maximum Gasteiger partial charge on any atom is 0.270 e. The molecule has 0 radical (unpaired) electrons. The van der Waals surface area contributed by atoms with E-state index < -0.39 is 0 Å². The Morgan fingerprint density at radius 2 is 1.65 bits per heavy atom. The molecule has 0 saturated carbocycles. The monoisotopic (exact) mass is 418 g/mol. The highest BCUT2D eigenvalue weighted by atomic mass is 16.2. The molecule has 2 amide bonds. The highest BCUT2D eigenvalue weighted by Gasteiger charge is 2.25. The van der Waals surface area contributed by atoms with Crippen LogP contribution in [0.15, 0.2) is 54.6 Å². The molecular formula is C25H30N4O2. The second kappa shape index (κ2) is 9.35. The van der Waals surface area contributed by atoms with Crippen molar-refractivity contribution in [2.75, 3.05) is 38.0 Å². The Morgan fingerprint density at radius 3 is 2.39 bits per heavy atom. The number of piperazine rings is 1. The standard InChI is InChI=1S/C25H30N4O2/c1-3-19-9-5-7-11-21(19)26-24(30)18-27-13-15-28(16-14-27)25(31)23-17-20-10-6-8-12-22(20)29(23)4-2/h5-12,17H,3-4,13-16,18H2,1-2H3,(H,26,30). The number of rotatable bonds is 6. The third-order valence-corrected chi connectivity index (χ3v) is 6.04. The fraction of sp³-hybridized carbons (Fsp3) is 0.360. The molecule has 2 aromatic carbocycles. The molecule has 6 nitrogen and oxygen atoms in total. The summed E-state index contributed by atoms with van der Waals surface area (Å²) in [4.78, 5) is 29.7. The van der Waals surface area contributed by atoms with E-state index in [9.17, 15) is 9.59 Å². The molecule has 4 rings (SSSR count). The normalized spacial score (nSPS) is 14.7. The molecule has 0 unspecified atom stereocenters. The number of carbonyl (C=O) groups is 2. The van der Waals surface area contributed by atoms with Crippen LogP contribution < -0.4 is 5.32 Å². The van der Waals surface area contributed by atoms with Gasteiger partial charge < -0.3 is 14.8 Å². The van der Waals surface area contributed by atoms with Crippen molar-refractivity contribution in [3.8, 4) is 0 Å². The van der Waals surface area contributed by atoms with Gasteiger partial charge >= 0.3 is 0 Å². The Kier molecular flexibility index (Phi) is 6.37. The van der Waals surface area contributed by atoms with E-state index >= 15 is 0 Å². The second-order valence-corrected chi connectivity index (χ2v) is 7.96. The topological polar surface area (TPSA) is 57.6 Å². The maximum absolute atomic E-state index is 13.2. The van der Waals surface area contributed by atoms with E-state index in [2.05, 4.69) is 34.7 Å². The third kappa shape index (κ3) is 4.49. The third-order valence-electron chi connectivity index (χ3n) is 6.04. The number of nitrogens with one attached hydrogen (secondary N) is 1. The van der Waals surface area contributed by atoms with Crippen LogP contribution in [0.4, 0.5) is 5.69 Å². The van der Waals surface area contributed by atoms with Gasteiger partial charge in [0.05, 0.1) is 6.54 Å². The molecule has 2 heterocycles. The average molecular weight is 419 g/mol. The maximum atomic E-state index is 13.2. The molecule has 1 saturated heterocycles. The number of para-hydroxylation sites is 2. The van der Waals surface area contributed by atoms with Gasteiger partial charge in [0.25, 0.3) is 5.91 Å². The number of nitrogens with zero attached hydrogens (tertiary/aromatic N) is 3. The predicted octanol–water partition coefficient (Wildman–Crippen LogP) is 3.62. The van der Waals surface area contributed by atoms with Gasteiger partial charge in [-0.25, -0.2) is 0 Å². The molecule has 1 N–H and O–H groups in total. The number of carbonyl (C=O) groups excluding carboxylic acids is 2. The molecule has 1 aromatic heterocycles. The number of aromatic nitrogens is 1. The summed E-state index contributed by atoms with van der Waals surface area (Å²) >= 11 is 0. The van der Waals surface area contributed by atoms with Crippen LogP contribution in [0, 0.1) is 0 Å². The van der Waals surface area contributed by atoms with Crippen molar-refractivity contribution in [3.05, 3.63) is 65.9 Å². The van der Waals surface area contributed by atoms with Crippen molar-refractivity contribution in [1.82, 2.24) is 14.4 Å². The molecule has 1 fully saturated rings. The average Bonchev–Trinajstić information content (AvgIpc) is 3.18. The first-order valence-electron chi connectivity index (χ1n) is 11.1. The highest BCUT2D eigenvalue weighted by Crippen LogP contribution is 2.22. The molecule has 3 aromatic rings. The number of fused-ring (bicyclic) bond motifs is 1. The first kappa shape index (κ1) is 21.1. The van der Waals surface area contributed by atoms with Gasteiger partial charge in [-0.3, -0.25) is 14.5 Å². The molecule has 0 spiro atoms. The van der Waals surface area contributed by atoms with E-state index in [4.69, 9.17) is 0 Å². The molecule has 31 heavy (non-hydrogen) atoms. The Morgan fingerprint density at radius 1 is 0.935 bits per heavy atom. The molecule has 6 heteroatoms. The number of hydrogen-bond donors (Lipinski definition) is 1. The largest absolute Gasteiger partial charge is 0.337 e. The number of anilines is 1. The fourth-order valence-corrected chi connectivity index (χ4v) is 4.34. The van der Waals surface area contributed by atoms with E-state index in [1.54, 1.807) is 0 Å². The van der Waals surface area contributed by atoms with Gasteiger partial charge in [-0.05, 0) is 37.1 Å². The lowest BCUT2D eigenvalue weighted by atomic mass is 10.1. The zero-order valence-corrected chi connectivity index (χ0v) is 18.3. The van der Waals surface area contributed by atoms with Crippen LogP contribution in [0.5, 0.6) is 0 Å². The Labute approximate surface area is 183 Å². The quantitative estimate of drug-likeness (QED) is 0.665. The van der Waals surface area contributed by atoms with Gasteiger partial charge in [-0.15, -0.1) is 0 Å². The summed E-state index contributed by atoms with van der Waals surface area (Å²) in [7, 11) is 0. The van der Waals surface area contributed by atoms with Gasteiger partial charge in [0.2, 0.25) is 5.91 Å². The highest BCUT2D eigenvalue weighted by molar-refractivity contribution is 5.99. The molecule has 1 aliphatic heterocycles. The van der Waals surface area contributed by atoms with Gasteiger partial charge in [0.15, 0.2) is 0 Å². The smallest absolute Gasteiger partial charge is 0.270 e. The number of amides is 2. The molecular weight excluding hydrogens is 388 g/mol. The van der Waals surface area contributed by atoms with E-state index in [0.717, 1.165) is 40.8 Å². The summed E-state index contributed by atoms with van der Waals surface area (Å²) in [6, 6.07) is 18.0. The minimum Gasteiger partial charge on any atom is -0.337 e. The SMILES string of the molecule is CCc1ccccc1NC(=O)CN1CCN(C(=O)c2cc3ccccc3n2CC)CC1. The van der Waals surface area contributed by atoms with Crippen LogP contribution in [-0.4, -0.2) is 58.9 Å². The summed E-state index contributed by atoms with van der Waals surface area (Å²) in [6.45, 7) is 7.90. The van der Waals surface area contributed by atoms with Crippen LogP contribution in [0.2, 0.25) is 0 Å². The van der Waals surface area contributed by atoms with E-state index in [0.29, 0.717) is 32.7 Å². The summed E-state index contributed by atoms with van der Waals surface area (Å²) in [6.07, 6.45) is 0.881. The summed E-state index contributed by atoms with van der Waals surface area (Å²) in [5, 5.41) is 4.13. The van der Waals surface area contributed by atoms with Crippen LogP contribution >= 0.6 is 0 Å². The van der Waals surface area contributed by atoms with Gasteiger partial charge in [-0.1, -0.05) is 43.3 Å². The van der Waals surface area contributed by atoms with Crippen molar-refractivity contribution < 1.29 is 9.59 Å². The minimum atomic E-state index is -0.00761. The van der Waals surface area contributed by atoms with E-state index in [-0.39, 0.29) is 11.8 Å². The van der Waals surface area contributed by atoms with Crippen molar-refractivity contribution in [2.45, 2.75) is 26.8 Å². The van der Waals surface area contributed by atoms with Gasteiger partial charge in [-0.2, -0.15) is 0 Å². The fourth-order valence-electron chi connectivity index (χ4n) is 4.34. The van der Waals surface area contributed by atoms with Crippen molar-refractivity contribution >= 4 is 28.4 Å². The van der Waals surface area contributed by atoms with Gasteiger partial charge in [0.1, 0.15) is 5.69 Å². The van der Waals surface area contributed by atoms with Crippen LogP contribution in [0.1, 0.15) is 29.9 Å². The van der Waals surface area contributed by atoms with Crippen LogP contribution in [0.3, 0.4) is 0 Å². The van der Waals surface area contributed by atoms with E-state index in [1.807, 2.05) is 53.4 Å². The lowest BCUT2D eigenvalue weighted by molar-refractivity contribution is -0.117. The summed E-state index contributed by atoms with van der Waals surface area (Å²) < 4.78 is 2.09. The van der Waals surface area contributed by atoms with E-state index in [1.165, 1.54) is 0 Å². The molecule has 1 aliphatic rings. The van der Waals surface area contributed by atoms with Gasteiger partial charge in [0, 0.05) is 49.3 Å². The molecule has 0 atom stereocenters. The van der Waals surface area contributed by atoms with Crippen molar-refractivity contribution in [3.63, 3.8) is 0 Å². The molecule has 0 aliphatic carbocycles. The lowest BCUT2D eigenvalue weighted by Crippen LogP contribution is -2.50. The number of aryl methyl sites for hydroxylation is 2. The van der Waals surface area contributed by atoms with Crippen LogP contribution in [-0.2, 0) is 17.8 Å². The number of benzene rings is 2. The van der Waals surface area contributed by atoms with Crippen LogP contribution in [0.25, 0.3) is 10.9 Å². The molecule has 0 bridgehead atoms.